The normalized spacial score (nSPS) is 20.1. The van der Waals surface area contributed by atoms with E-state index in [0.29, 0.717) is 32.8 Å². The standard InChI is InChI=1S/C26H21BrCl2N2O4/c1-34-22-12-15(11-18(27)26(22)35-13-14-5-2-3-8-19(14)28)24-17-7-4-6-16(17)23-21(31(32)33)10-9-20(29)25(23)30-24/h2-6,8-12,16-17,24,30H,7,13H2,1H3/t16-,17-,24+/m1/s1. The second kappa shape index (κ2) is 9.72. The number of methoxy groups -OCH3 is 1. The Hall–Kier alpha value is -2.74. The van der Waals surface area contributed by atoms with Crippen molar-refractivity contribution < 1.29 is 14.4 Å². The number of allylic oxidation sites excluding steroid dienone is 2. The van der Waals surface area contributed by atoms with Gasteiger partial charge in [-0.1, -0.05) is 53.6 Å². The molecular formula is C26H21BrCl2N2O4. The van der Waals surface area contributed by atoms with E-state index in [0.717, 1.165) is 22.0 Å². The van der Waals surface area contributed by atoms with Crippen LogP contribution in [0.5, 0.6) is 11.5 Å². The Bertz CT molecular complexity index is 1350. The molecule has 1 aliphatic carbocycles. The van der Waals surface area contributed by atoms with Crippen LogP contribution in [0.3, 0.4) is 0 Å². The Morgan fingerprint density at radius 2 is 1.97 bits per heavy atom. The molecule has 0 fully saturated rings. The Kier molecular flexibility index (Phi) is 6.66. The van der Waals surface area contributed by atoms with E-state index in [2.05, 4.69) is 27.3 Å². The van der Waals surface area contributed by atoms with E-state index in [1.54, 1.807) is 13.2 Å². The maximum atomic E-state index is 11.7. The summed E-state index contributed by atoms with van der Waals surface area (Å²) < 4.78 is 12.5. The molecule has 0 bridgehead atoms. The Labute approximate surface area is 221 Å². The van der Waals surface area contributed by atoms with Crippen molar-refractivity contribution in [2.75, 3.05) is 12.4 Å². The quantitative estimate of drug-likeness (QED) is 0.183. The molecule has 0 amide bonds. The number of rotatable bonds is 6. The summed E-state index contributed by atoms with van der Waals surface area (Å²) in [7, 11) is 1.59. The van der Waals surface area contributed by atoms with E-state index in [1.807, 2.05) is 42.5 Å². The SMILES string of the molecule is COc1cc([C@@H]2Nc3c(Cl)ccc([N+](=O)[O-])c3[C@@H]3C=CC[C@H]32)cc(Br)c1OCc1ccccc1Cl. The Balaban J connectivity index is 1.51. The van der Waals surface area contributed by atoms with Gasteiger partial charge in [-0.05, 0) is 58.1 Å². The monoisotopic (exact) mass is 574 g/mol. The molecule has 0 aromatic heterocycles. The average molecular weight is 576 g/mol. The lowest BCUT2D eigenvalue weighted by molar-refractivity contribution is -0.385. The fourth-order valence-electron chi connectivity index (χ4n) is 4.97. The highest BCUT2D eigenvalue weighted by molar-refractivity contribution is 9.10. The molecule has 0 spiro atoms. The Morgan fingerprint density at radius 1 is 1.17 bits per heavy atom. The van der Waals surface area contributed by atoms with Crippen LogP contribution in [0.4, 0.5) is 11.4 Å². The Morgan fingerprint density at radius 3 is 2.71 bits per heavy atom. The van der Waals surface area contributed by atoms with Crippen LogP contribution in [0.2, 0.25) is 10.0 Å². The molecule has 35 heavy (non-hydrogen) atoms. The number of benzene rings is 3. The van der Waals surface area contributed by atoms with Gasteiger partial charge in [0.15, 0.2) is 11.5 Å². The minimum absolute atomic E-state index is 0.0824. The molecule has 1 N–H and O–H groups in total. The number of fused-ring (bicyclic) bond motifs is 3. The van der Waals surface area contributed by atoms with Gasteiger partial charge >= 0.3 is 0 Å². The van der Waals surface area contributed by atoms with Gasteiger partial charge in [-0.3, -0.25) is 10.1 Å². The lowest BCUT2D eigenvalue weighted by Gasteiger charge is -2.37. The predicted octanol–water partition coefficient (Wildman–Crippen LogP) is 8.08. The predicted molar refractivity (Wildman–Crippen MR) is 141 cm³/mol. The average Bonchev–Trinajstić information content (AvgIpc) is 3.33. The van der Waals surface area contributed by atoms with Crippen LogP contribution in [-0.4, -0.2) is 12.0 Å². The lowest BCUT2D eigenvalue weighted by atomic mass is 9.76. The summed E-state index contributed by atoms with van der Waals surface area (Å²) in [5.74, 6) is 1.12. The maximum absolute atomic E-state index is 11.7. The third kappa shape index (κ3) is 4.37. The van der Waals surface area contributed by atoms with E-state index in [-0.39, 0.29) is 35.1 Å². The zero-order chi connectivity index (χ0) is 24.7. The van der Waals surface area contributed by atoms with E-state index in [4.69, 9.17) is 32.7 Å². The number of nitro benzene ring substituents is 1. The van der Waals surface area contributed by atoms with E-state index >= 15 is 0 Å². The molecule has 5 rings (SSSR count). The topological polar surface area (TPSA) is 73.6 Å². The number of nitrogens with zero attached hydrogens (tertiary/aromatic N) is 1. The highest BCUT2D eigenvalue weighted by atomic mass is 79.9. The minimum Gasteiger partial charge on any atom is -0.493 e. The molecule has 3 atom stereocenters. The maximum Gasteiger partial charge on any atom is 0.275 e. The number of anilines is 1. The third-order valence-electron chi connectivity index (χ3n) is 6.58. The number of nitrogens with one attached hydrogen (secondary N) is 1. The molecule has 180 valence electrons. The van der Waals surface area contributed by atoms with Crippen molar-refractivity contribution in [1.82, 2.24) is 0 Å². The zero-order valence-corrected chi connectivity index (χ0v) is 21.7. The first-order valence-corrected chi connectivity index (χ1v) is 12.6. The molecule has 0 saturated carbocycles. The molecule has 1 heterocycles. The van der Waals surface area contributed by atoms with Crippen LogP contribution in [-0.2, 0) is 6.61 Å². The van der Waals surface area contributed by atoms with Gasteiger partial charge in [0.25, 0.3) is 5.69 Å². The van der Waals surface area contributed by atoms with Gasteiger partial charge in [-0.2, -0.15) is 0 Å². The van der Waals surface area contributed by atoms with Gasteiger partial charge in [-0.15, -0.1) is 0 Å². The van der Waals surface area contributed by atoms with Crippen LogP contribution in [0.25, 0.3) is 0 Å². The molecule has 1 aliphatic heterocycles. The number of ether oxygens (including phenoxy) is 2. The first-order chi connectivity index (χ1) is 16.9. The molecule has 0 radical (unpaired) electrons. The number of hydrogen-bond acceptors (Lipinski definition) is 5. The van der Waals surface area contributed by atoms with Crippen molar-refractivity contribution in [2.45, 2.75) is 25.0 Å². The smallest absolute Gasteiger partial charge is 0.275 e. The van der Waals surface area contributed by atoms with Gasteiger partial charge < -0.3 is 14.8 Å². The lowest BCUT2D eigenvalue weighted by Crippen LogP contribution is -2.30. The van der Waals surface area contributed by atoms with Crippen LogP contribution >= 0.6 is 39.1 Å². The van der Waals surface area contributed by atoms with Crippen LogP contribution in [0.1, 0.15) is 35.1 Å². The second-order valence-corrected chi connectivity index (χ2v) is 10.2. The second-order valence-electron chi connectivity index (χ2n) is 8.50. The van der Waals surface area contributed by atoms with Crippen LogP contribution in [0, 0.1) is 16.0 Å². The van der Waals surface area contributed by atoms with Crippen molar-refractivity contribution in [2.24, 2.45) is 5.92 Å². The first kappa shape index (κ1) is 24.0. The summed E-state index contributed by atoms with van der Waals surface area (Å²) in [6.45, 7) is 0.289. The van der Waals surface area contributed by atoms with Crippen LogP contribution < -0.4 is 14.8 Å². The molecule has 0 saturated heterocycles. The zero-order valence-electron chi connectivity index (χ0n) is 18.6. The number of nitro groups is 1. The minimum atomic E-state index is -0.342. The highest BCUT2D eigenvalue weighted by Gasteiger charge is 2.42. The summed E-state index contributed by atoms with van der Waals surface area (Å²) in [5.41, 5.74) is 3.16. The van der Waals surface area contributed by atoms with E-state index in [9.17, 15) is 10.1 Å². The summed E-state index contributed by atoms with van der Waals surface area (Å²) in [4.78, 5) is 11.4. The third-order valence-corrected chi connectivity index (χ3v) is 7.86. The van der Waals surface area contributed by atoms with Crippen molar-refractivity contribution in [3.63, 3.8) is 0 Å². The number of halogens is 3. The molecule has 6 nitrogen and oxygen atoms in total. The first-order valence-electron chi connectivity index (χ1n) is 11.0. The van der Waals surface area contributed by atoms with Crippen molar-refractivity contribution in [1.29, 1.82) is 0 Å². The molecule has 3 aromatic carbocycles. The summed E-state index contributed by atoms with van der Waals surface area (Å²) in [5, 5.41) is 16.3. The fourth-order valence-corrected chi connectivity index (χ4v) is 5.95. The van der Waals surface area contributed by atoms with Gasteiger partial charge in [0.1, 0.15) is 6.61 Å². The number of hydrogen-bond donors (Lipinski definition) is 1. The van der Waals surface area contributed by atoms with Crippen LogP contribution in [0.15, 0.2) is 65.2 Å². The van der Waals surface area contributed by atoms with Crippen molar-refractivity contribution in [3.8, 4) is 11.5 Å². The summed E-state index contributed by atoms with van der Waals surface area (Å²) >= 11 is 16.4. The van der Waals surface area contributed by atoms with Gasteiger partial charge in [0.05, 0.1) is 38.8 Å². The van der Waals surface area contributed by atoms with Gasteiger partial charge in [0.2, 0.25) is 0 Å². The molecule has 0 unspecified atom stereocenters. The van der Waals surface area contributed by atoms with Gasteiger partial charge in [0, 0.05) is 22.6 Å². The fraction of sp³-hybridized carbons (Fsp3) is 0.231. The molecular weight excluding hydrogens is 555 g/mol. The largest absolute Gasteiger partial charge is 0.493 e. The molecule has 3 aromatic rings. The van der Waals surface area contributed by atoms with E-state index < -0.39 is 0 Å². The summed E-state index contributed by atoms with van der Waals surface area (Å²) in [6.07, 6.45) is 4.92. The van der Waals surface area contributed by atoms with E-state index in [1.165, 1.54) is 6.07 Å². The summed E-state index contributed by atoms with van der Waals surface area (Å²) in [6, 6.07) is 14.4. The van der Waals surface area contributed by atoms with Crippen molar-refractivity contribution in [3.05, 3.63) is 102 Å². The molecule has 2 aliphatic rings. The van der Waals surface area contributed by atoms with Crippen molar-refractivity contribution >= 4 is 50.5 Å². The molecule has 9 heteroatoms. The van der Waals surface area contributed by atoms with Gasteiger partial charge in [-0.25, -0.2) is 0 Å². The highest BCUT2D eigenvalue weighted by Crippen LogP contribution is 2.55.